The van der Waals surface area contributed by atoms with E-state index in [1.807, 2.05) is 13.8 Å². The average Bonchev–Trinajstić information content (AvgIpc) is 3.06. The summed E-state index contributed by atoms with van der Waals surface area (Å²) in [5.74, 6) is -0.388. The molecule has 0 bridgehead atoms. The first kappa shape index (κ1) is 16.0. The number of amides is 1. The van der Waals surface area contributed by atoms with Gasteiger partial charge < -0.3 is 15.4 Å². The number of hydrogen-bond acceptors (Lipinski definition) is 5. The molecule has 6 heteroatoms. The fourth-order valence-electron chi connectivity index (χ4n) is 2.60. The van der Waals surface area contributed by atoms with Crippen LogP contribution in [0.4, 0.5) is 5.00 Å². The standard InChI is InChI=1S/C15H22N2O3S/c1-4-11-9(3)21-14(12(11)15(19)20-5-2)17-13(18)10-6-7-16-8-10/h10,16H,4-8H2,1-3H3,(H,17,18). The van der Waals surface area contributed by atoms with Gasteiger partial charge in [0.2, 0.25) is 5.91 Å². The molecule has 2 rings (SSSR count). The molecule has 1 aromatic rings. The van der Waals surface area contributed by atoms with Crippen molar-refractivity contribution in [3.63, 3.8) is 0 Å². The normalized spacial score (nSPS) is 17.8. The molecule has 1 amide bonds. The van der Waals surface area contributed by atoms with Gasteiger partial charge in [-0.25, -0.2) is 4.79 Å². The van der Waals surface area contributed by atoms with Gasteiger partial charge in [0.1, 0.15) is 5.00 Å². The highest BCUT2D eigenvalue weighted by Gasteiger charge is 2.27. The molecule has 1 saturated heterocycles. The van der Waals surface area contributed by atoms with E-state index >= 15 is 0 Å². The van der Waals surface area contributed by atoms with E-state index in [1.54, 1.807) is 6.92 Å². The van der Waals surface area contributed by atoms with E-state index in [0.29, 0.717) is 23.7 Å². The van der Waals surface area contributed by atoms with Crippen molar-refractivity contribution in [3.05, 3.63) is 16.0 Å². The van der Waals surface area contributed by atoms with Gasteiger partial charge in [-0.1, -0.05) is 6.92 Å². The van der Waals surface area contributed by atoms with Crippen LogP contribution in [0.5, 0.6) is 0 Å². The summed E-state index contributed by atoms with van der Waals surface area (Å²) in [4.78, 5) is 25.5. The molecule has 2 heterocycles. The Balaban J connectivity index is 2.25. The van der Waals surface area contributed by atoms with Gasteiger partial charge in [-0.05, 0) is 38.8 Å². The van der Waals surface area contributed by atoms with Crippen LogP contribution in [0.1, 0.15) is 41.1 Å². The van der Waals surface area contributed by atoms with Gasteiger partial charge in [0.05, 0.1) is 18.1 Å². The lowest BCUT2D eigenvalue weighted by molar-refractivity contribution is -0.119. The largest absolute Gasteiger partial charge is 0.462 e. The van der Waals surface area contributed by atoms with Gasteiger partial charge in [-0.3, -0.25) is 4.79 Å². The van der Waals surface area contributed by atoms with Crippen LogP contribution in [0.2, 0.25) is 0 Å². The number of rotatable bonds is 5. The molecule has 1 fully saturated rings. The first-order valence-corrected chi connectivity index (χ1v) is 8.21. The maximum atomic E-state index is 12.3. The second kappa shape index (κ2) is 7.04. The molecule has 1 unspecified atom stereocenters. The summed E-state index contributed by atoms with van der Waals surface area (Å²) in [6, 6.07) is 0. The average molecular weight is 310 g/mol. The third-order valence-corrected chi connectivity index (χ3v) is 4.77. The van der Waals surface area contributed by atoms with Gasteiger partial charge in [-0.15, -0.1) is 11.3 Å². The van der Waals surface area contributed by atoms with Crippen molar-refractivity contribution in [3.8, 4) is 0 Å². The molecule has 0 saturated carbocycles. The number of nitrogens with one attached hydrogen (secondary N) is 2. The van der Waals surface area contributed by atoms with Crippen LogP contribution in [0.3, 0.4) is 0 Å². The van der Waals surface area contributed by atoms with Gasteiger partial charge in [0.15, 0.2) is 0 Å². The van der Waals surface area contributed by atoms with Crippen molar-refractivity contribution >= 4 is 28.2 Å². The highest BCUT2D eigenvalue weighted by molar-refractivity contribution is 7.16. The number of ether oxygens (including phenoxy) is 1. The van der Waals surface area contributed by atoms with Crippen molar-refractivity contribution in [2.75, 3.05) is 25.0 Å². The lowest BCUT2D eigenvalue weighted by Gasteiger charge is -2.10. The van der Waals surface area contributed by atoms with Crippen molar-refractivity contribution in [1.29, 1.82) is 0 Å². The Morgan fingerprint density at radius 1 is 1.43 bits per heavy atom. The zero-order chi connectivity index (χ0) is 15.4. The minimum absolute atomic E-state index is 0.0190. The van der Waals surface area contributed by atoms with E-state index in [1.165, 1.54) is 11.3 Å². The molecule has 0 aliphatic carbocycles. The van der Waals surface area contributed by atoms with Crippen molar-refractivity contribution in [2.45, 2.75) is 33.6 Å². The lowest BCUT2D eigenvalue weighted by atomic mass is 10.1. The van der Waals surface area contributed by atoms with Gasteiger partial charge >= 0.3 is 5.97 Å². The minimum Gasteiger partial charge on any atom is -0.462 e. The molecule has 1 aromatic heterocycles. The fourth-order valence-corrected chi connectivity index (χ4v) is 3.74. The molecule has 5 nitrogen and oxygen atoms in total. The first-order valence-electron chi connectivity index (χ1n) is 7.39. The van der Waals surface area contributed by atoms with E-state index in [4.69, 9.17) is 4.74 Å². The second-order valence-electron chi connectivity index (χ2n) is 5.09. The lowest BCUT2D eigenvalue weighted by Crippen LogP contribution is -2.25. The van der Waals surface area contributed by atoms with Crippen molar-refractivity contribution in [2.24, 2.45) is 5.92 Å². The Bertz CT molecular complexity index is 533. The van der Waals surface area contributed by atoms with Gasteiger partial charge in [0.25, 0.3) is 0 Å². The van der Waals surface area contributed by atoms with Crippen molar-refractivity contribution in [1.82, 2.24) is 5.32 Å². The molecule has 0 spiro atoms. The SMILES string of the molecule is CCOC(=O)c1c(NC(=O)C2CCNC2)sc(C)c1CC. The summed E-state index contributed by atoms with van der Waals surface area (Å²) in [6.07, 6.45) is 1.59. The Morgan fingerprint density at radius 3 is 2.76 bits per heavy atom. The number of carbonyl (C=O) groups excluding carboxylic acids is 2. The number of hydrogen-bond donors (Lipinski definition) is 2. The highest BCUT2D eigenvalue weighted by Crippen LogP contribution is 2.34. The summed E-state index contributed by atoms with van der Waals surface area (Å²) in [5.41, 5.74) is 1.50. The van der Waals surface area contributed by atoms with Gasteiger partial charge in [0, 0.05) is 11.4 Å². The molecular weight excluding hydrogens is 288 g/mol. The number of thiophene rings is 1. The molecule has 1 aliphatic rings. The Hall–Kier alpha value is -1.40. The van der Waals surface area contributed by atoms with Crippen LogP contribution >= 0.6 is 11.3 Å². The predicted molar refractivity (Wildman–Crippen MR) is 84.0 cm³/mol. The molecule has 1 aliphatic heterocycles. The topological polar surface area (TPSA) is 67.4 Å². The molecule has 0 radical (unpaired) electrons. The summed E-state index contributed by atoms with van der Waals surface area (Å²) in [5, 5.41) is 6.73. The number of aryl methyl sites for hydroxylation is 1. The third kappa shape index (κ3) is 3.44. The minimum atomic E-state index is -0.349. The van der Waals surface area contributed by atoms with E-state index in [9.17, 15) is 9.59 Å². The molecule has 1 atom stereocenters. The van der Waals surface area contributed by atoms with E-state index in [0.717, 1.165) is 29.8 Å². The number of carbonyl (C=O) groups is 2. The van der Waals surface area contributed by atoms with Crippen LogP contribution < -0.4 is 10.6 Å². The number of anilines is 1. The van der Waals surface area contributed by atoms with Crippen molar-refractivity contribution < 1.29 is 14.3 Å². The maximum absolute atomic E-state index is 12.3. The molecule has 2 N–H and O–H groups in total. The second-order valence-corrected chi connectivity index (χ2v) is 6.32. The van der Waals surface area contributed by atoms with Crippen LogP contribution in [-0.2, 0) is 16.0 Å². The zero-order valence-electron chi connectivity index (χ0n) is 12.7. The summed E-state index contributed by atoms with van der Waals surface area (Å²) in [6.45, 7) is 7.66. The summed E-state index contributed by atoms with van der Waals surface area (Å²) >= 11 is 1.45. The molecular formula is C15H22N2O3S. The first-order chi connectivity index (χ1) is 10.1. The Labute approximate surface area is 129 Å². The Morgan fingerprint density at radius 2 is 2.19 bits per heavy atom. The third-order valence-electron chi connectivity index (χ3n) is 3.71. The summed E-state index contributed by atoms with van der Waals surface area (Å²) in [7, 11) is 0. The molecule has 21 heavy (non-hydrogen) atoms. The van der Waals surface area contributed by atoms with Crippen LogP contribution in [0, 0.1) is 12.8 Å². The molecule has 116 valence electrons. The molecule has 0 aromatic carbocycles. The zero-order valence-corrected chi connectivity index (χ0v) is 13.6. The predicted octanol–water partition coefficient (Wildman–Crippen LogP) is 2.34. The van der Waals surface area contributed by atoms with E-state index in [-0.39, 0.29) is 17.8 Å². The van der Waals surface area contributed by atoms with Crippen LogP contribution in [0.25, 0.3) is 0 Å². The Kier molecular flexibility index (Phi) is 5.36. The smallest absolute Gasteiger partial charge is 0.341 e. The van der Waals surface area contributed by atoms with Crippen LogP contribution in [0.15, 0.2) is 0 Å². The van der Waals surface area contributed by atoms with E-state index < -0.39 is 0 Å². The van der Waals surface area contributed by atoms with E-state index in [2.05, 4.69) is 10.6 Å². The monoisotopic (exact) mass is 310 g/mol. The maximum Gasteiger partial charge on any atom is 0.341 e. The highest BCUT2D eigenvalue weighted by atomic mass is 32.1. The number of esters is 1. The summed E-state index contributed by atoms with van der Waals surface area (Å²) < 4.78 is 5.14. The quantitative estimate of drug-likeness (QED) is 0.819. The van der Waals surface area contributed by atoms with Crippen LogP contribution in [-0.4, -0.2) is 31.6 Å². The fraction of sp³-hybridized carbons (Fsp3) is 0.600. The van der Waals surface area contributed by atoms with Gasteiger partial charge in [-0.2, -0.15) is 0 Å².